The van der Waals surface area contributed by atoms with Crippen LogP contribution in [0.5, 0.6) is 0 Å². The van der Waals surface area contributed by atoms with Gasteiger partial charge in [0.2, 0.25) is 0 Å². The first kappa shape index (κ1) is 21.6. The van der Waals surface area contributed by atoms with E-state index in [1.54, 1.807) is 0 Å². The fourth-order valence-electron chi connectivity index (χ4n) is 4.06. The third-order valence-electron chi connectivity index (χ3n) is 5.92. The summed E-state index contributed by atoms with van der Waals surface area (Å²) >= 11 is 0. The van der Waals surface area contributed by atoms with Crippen LogP contribution in [0.15, 0.2) is 84.6 Å². The molecule has 4 rings (SSSR count). The van der Waals surface area contributed by atoms with Crippen molar-refractivity contribution in [1.82, 2.24) is 4.90 Å². The molecule has 0 saturated carbocycles. The first-order chi connectivity index (χ1) is 15.5. The molecule has 32 heavy (non-hydrogen) atoms. The summed E-state index contributed by atoms with van der Waals surface area (Å²) in [5.41, 5.74) is 5.67. The number of carbonyl (C=O) groups excluding carboxylic acids is 2. The topological polar surface area (TPSA) is 40.6 Å². The van der Waals surface area contributed by atoms with Gasteiger partial charge in [-0.2, -0.15) is 0 Å². The number of nitrogens with zero attached hydrogens (tertiary/aromatic N) is 2. The van der Waals surface area contributed by atoms with E-state index >= 15 is 0 Å². The van der Waals surface area contributed by atoms with Gasteiger partial charge in [0.05, 0.1) is 11.3 Å². The van der Waals surface area contributed by atoms with Gasteiger partial charge in [0.25, 0.3) is 11.8 Å². The lowest BCUT2D eigenvalue weighted by Gasteiger charge is -2.25. The van der Waals surface area contributed by atoms with Crippen LogP contribution < -0.4 is 4.90 Å². The maximum absolute atomic E-state index is 13.7. The molecular weight excluding hydrogens is 396 g/mol. The Morgan fingerprint density at radius 1 is 0.750 bits per heavy atom. The van der Waals surface area contributed by atoms with Gasteiger partial charge in [0.15, 0.2) is 0 Å². The van der Waals surface area contributed by atoms with Crippen molar-refractivity contribution in [2.24, 2.45) is 0 Å². The van der Waals surface area contributed by atoms with Crippen molar-refractivity contribution in [3.05, 3.63) is 107 Å². The lowest BCUT2D eigenvalue weighted by atomic mass is 10.0. The van der Waals surface area contributed by atoms with Crippen molar-refractivity contribution < 1.29 is 9.59 Å². The molecule has 3 aromatic rings. The van der Waals surface area contributed by atoms with Crippen molar-refractivity contribution in [2.75, 3.05) is 11.4 Å². The number of hydrogen-bond donors (Lipinski definition) is 0. The fraction of sp³-hybridized carbons (Fsp3) is 0.214. The molecule has 0 spiro atoms. The Bertz CT molecular complexity index is 1150. The summed E-state index contributed by atoms with van der Waals surface area (Å²) in [6.45, 7) is 7.28. The van der Waals surface area contributed by atoms with Gasteiger partial charge in [-0.1, -0.05) is 79.2 Å². The van der Waals surface area contributed by atoms with E-state index in [1.807, 2.05) is 97.6 Å². The Morgan fingerprint density at radius 2 is 1.41 bits per heavy atom. The smallest absolute Gasteiger partial charge is 0.282 e. The molecule has 0 radical (unpaired) electrons. The van der Waals surface area contributed by atoms with Crippen molar-refractivity contribution in [3.8, 4) is 0 Å². The van der Waals surface area contributed by atoms with Crippen LogP contribution >= 0.6 is 0 Å². The summed E-state index contributed by atoms with van der Waals surface area (Å²) < 4.78 is 0. The molecular formula is C28H28N2O2. The van der Waals surface area contributed by atoms with E-state index in [2.05, 4.69) is 6.92 Å². The molecule has 0 bridgehead atoms. The van der Waals surface area contributed by atoms with Crippen LogP contribution in [0.25, 0.3) is 5.57 Å². The molecule has 0 aliphatic carbocycles. The van der Waals surface area contributed by atoms with Crippen molar-refractivity contribution in [3.63, 3.8) is 0 Å². The van der Waals surface area contributed by atoms with E-state index in [-0.39, 0.29) is 11.8 Å². The molecule has 2 amide bonds. The molecule has 1 aliphatic heterocycles. The molecule has 162 valence electrons. The maximum atomic E-state index is 13.7. The average Bonchev–Trinajstić information content (AvgIpc) is 3.08. The highest BCUT2D eigenvalue weighted by atomic mass is 16.2. The van der Waals surface area contributed by atoms with Crippen LogP contribution in [0.2, 0.25) is 0 Å². The Kier molecular flexibility index (Phi) is 6.22. The number of anilines is 1. The zero-order valence-electron chi connectivity index (χ0n) is 18.8. The standard InChI is InChI=1S/C28H28N2O2/c1-4-21-13-17-24(18-14-21)30-27(31)25(23-15-11-20(3)12-16-23)26(28(30)32)29(5-2)19-22-9-7-6-8-10-22/h6-18H,4-5,19H2,1-3H3. The Labute approximate surface area is 189 Å². The van der Waals surface area contributed by atoms with Crippen molar-refractivity contribution in [2.45, 2.75) is 33.7 Å². The number of benzene rings is 3. The first-order valence-electron chi connectivity index (χ1n) is 11.1. The van der Waals surface area contributed by atoms with E-state index in [4.69, 9.17) is 0 Å². The molecule has 1 aliphatic rings. The van der Waals surface area contributed by atoms with Crippen LogP contribution in [0.1, 0.15) is 36.1 Å². The van der Waals surface area contributed by atoms with E-state index < -0.39 is 0 Å². The minimum Gasteiger partial charge on any atom is -0.362 e. The van der Waals surface area contributed by atoms with Crippen molar-refractivity contribution in [1.29, 1.82) is 0 Å². The predicted molar refractivity (Wildman–Crippen MR) is 129 cm³/mol. The summed E-state index contributed by atoms with van der Waals surface area (Å²) in [4.78, 5) is 30.7. The summed E-state index contributed by atoms with van der Waals surface area (Å²) in [6, 6.07) is 25.5. The third-order valence-corrected chi connectivity index (χ3v) is 5.92. The van der Waals surface area contributed by atoms with Gasteiger partial charge in [-0.25, -0.2) is 4.90 Å². The first-order valence-corrected chi connectivity index (χ1v) is 11.1. The molecule has 0 N–H and O–H groups in total. The summed E-state index contributed by atoms with van der Waals surface area (Å²) in [7, 11) is 0. The van der Waals surface area contributed by atoms with E-state index in [1.165, 1.54) is 10.5 Å². The molecule has 3 aromatic carbocycles. The highest BCUT2D eigenvalue weighted by molar-refractivity contribution is 6.45. The second-order valence-corrected chi connectivity index (χ2v) is 8.06. The number of hydrogen-bond acceptors (Lipinski definition) is 3. The van der Waals surface area contributed by atoms with Gasteiger partial charge in [-0.05, 0) is 49.1 Å². The highest BCUT2D eigenvalue weighted by Gasteiger charge is 2.42. The second kappa shape index (κ2) is 9.23. The van der Waals surface area contributed by atoms with Crippen molar-refractivity contribution >= 4 is 23.1 Å². The number of amides is 2. The van der Waals surface area contributed by atoms with Crippen LogP contribution in [0.3, 0.4) is 0 Å². The Balaban J connectivity index is 1.80. The lowest BCUT2D eigenvalue weighted by molar-refractivity contribution is -0.120. The molecule has 0 atom stereocenters. The van der Waals surface area contributed by atoms with Gasteiger partial charge in [0, 0.05) is 13.1 Å². The summed E-state index contributed by atoms with van der Waals surface area (Å²) in [5, 5.41) is 0. The van der Waals surface area contributed by atoms with E-state index in [9.17, 15) is 9.59 Å². The van der Waals surface area contributed by atoms with E-state index in [0.29, 0.717) is 30.0 Å². The summed E-state index contributed by atoms with van der Waals surface area (Å²) in [6.07, 6.45) is 0.904. The van der Waals surface area contributed by atoms with Crippen LogP contribution in [-0.4, -0.2) is 23.3 Å². The molecule has 0 aromatic heterocycles. The lowest BCUT2D eigenvalue weighted by Crippen LogP contribution is -2.35. The largest absolute Gasteiger partial charge is 0.362 e. The van der Waals surface area contributed by atoms with Crippen LogP contribution in [0, 0.1) is 6.92 Å². The minimum absolute atomic E-state index is 0.271. The predicted octanol–water partition coefficient (Wildman–Crippen LogP) is 5.36. The quantitative estimate of drug-likeness (QED) is 0.479. The Hall–Kier alpha value is -3.66. The van der Waals surface area contributed by atoms with Crippen LogP contribution in [0.4, 0.5) is 5.69 Å². The number of aryl methyl sites for hydroxylation is 2. The number of carbonyl (C=O) groups is 2. The number of rotatable bonds is 7. The zero-order chi connectivity index (χ0) is 22.7. The molecule has 0 saturated heterocycles. The molecule has 4 nitrogen and oxygen atoms in total. The molecule has 0 unspecified atom stereocenters. The Morgan fingerprint density at radius 3 is 2.00 bits per heavy atom. The van der Waals surface area contributed by atoms with Gasteiger partial charge >= 0.3 is 0 Å². The van der Waals surface area contributed by atoms with Gasteiger partial charge in [-0.15, -0.1) is 0 Å². The SMILES string of the molecule is CCc1ccc(N2C(=O)C(c3ccc(C)cc3)=C(N(CC)Cc3ccccc3)C2=O)cc1. The maximum Gasteiger partial charge on any atom is 0.282 e. The van der Waals surface area contributed by atoms with E-state index in [0.717, 1.165) is 23.1 Å². The minimum atomic E-state index is -0.274. The molecule has 0 fully saturated rings. The fourth-order valence-corrected chi connectivity index (χ4v) is 4.06. The molecule has 1 heterocycles. The number of imide groups is 1. The molecule has 4 heteroatoms. The number of likely N-dealkylation sites (N-methyl/N-ethyl adjacent to an activating group) is 1. The second-order valence-electron chi connectivity index (χ2n) is 8.06. The van der Waals surface area contributed by atoms with Gasteiger partial charge in [0.1, 0.15) is 5.70 Å². The highest BCUT2D eigenvalue weighted by Crippen LogP contribution is 2.35. The third kappa shape index (κ3) is 4.09. The average molecular weight is 425 g/mol. The van der Waals surface area contributed by atoms with Gasteiger partial charge < -0.3 is 4.90 Å². The zero-order valence-corrected chi connectivity index (χ0v) is 18.8. The van der Waals surface area contributed by atoms with Crippen LogP contribution in [-0.2, 0) is 22.6 Å². The summed E-state index contributed by atoms with van der Waals surface area (Å²) in [5.74, 6) is -0.544. The normalized spacial score (nSPS) is 13.8. The van der Waals surface area contributed by atoms with Gasteiger partial charge in [-0.3, -0.25) is 9.59 Å². The monoisotopic (exact) mass is 424 g/mol.